The number of carbonyl (C=O) groups is 1. The lowest BCUT2D eigenvalue weighted by molar-refractivity contribution is -0.127. The van der Waals surface area contributed by atoms with Crippen LogP contribution in [0, 0.1) is 0 Å². The highest BCUT2D eigenvalue weighted by Crippen LogP contribution is 1.85. The minimum Gasteiger partial charge on any atom is -0.369 e. The normalized spacial score (nSPS) is 10.0. The number of rotatable bonds is 4. The van der Waals surface area contributed by atoms with Crippen molar-refractivity contribution in [1.29, 1.82) is 0 Å². The maximum absolute atomic E-state index is 10.6. The molecule has 0 heterocycles. The van der Waals surface area contributed by atoms with Gasteiger partial charge >= 0.3 is 0 Å². The van der Waals surface area contributed by atoms with Crippen LogP contribution < -0.4 is 10.4 Å². The molecule has 0 rings (SSSR count). The highest BCUT2D eigenvalue weighted by atomic mass is 35.5. The summed E-state index contributed by atoms with van der Waals surface area (Å²) in [6.45, 7) is 3.72. The first kappa shape index (κ1) is 9.68. The van der Waals surface area contributed by atoms with Crippen molar-refractivity contribution < 1.29 is 9.53 Å². The average molecular weight is 167 g/mol. The Kier molecular flexibility index (Phi) is 5.29. The fraction of sp³-hybridized carbons (Fsp3) is 0.800. The van der Waals surface area contributed by atoms with E-state index in [1.807, 2.05) is 18.8 Å². The summed E-state index contributed by atoms with van der Waals surface area (Å²) in [5, 5.41) is 0. The molecule has 0 aromatic rings. The molecule has 0 bridgehead atoms. The van der Waals surface area contributed by atoms with Gasteiger partial charge in [-0.05, 0) is 25.6 Å². The van der Waals surface area contributed by atoms with Crippen LogP contribution in [-0.2, 0) is 9.53 Å². The average Bonchev–Trinajstić information content (AvgIpc) is 1.85. The molecule has 0 aliphatic heterocycles. The van der Waals surface area contributed by atoms with Gasteiger partial charge in [0, 0.05) is 0 Å². The number of hydrogen-bond acceptors (Lipinski definition) is 3. The van der Waals surface area contributed by atoms with Gasteiger partial charge in [0.05, 0.1) is 6.10 Å². The number of hydrazine groups is 1. The predicted octanol–water partition coefficient (Wildman–Crippen LogP) is 0.186. The molecule has 60 valence electrons. The quantitative estimate of drug-likeness (QED) is 0.463. The van der Waals surface area contributed by atoms with Gasteiger partial charge in [-0.2, -0.15) is 0 Å². The van der Waals surface area contributed by atoms with Crippen LogP contribution in [0.1, 0.15) is 13.8 Å². The van der Waals surface area contributed by atoms with Gasteiger partial charge in [0.2, 0.25) is 0 Å². The van der Waals surface area contributed by atoms with Crippen LogP contribution in [-0.4, -0.2) is 18.6 Å². The number of ether oxygens (including phenoxy) is 1. The van der Waals surface area contributed by atoms with Gasteiger partial charge in [-0.3, -0.25) is 10.2 Å². The van der Waals surface area contributed by atoms with E-state index in [1.165, 1.54) is 0 Å². The Bertz CT molecular complexity index is 108. The summed E-state index contributed by atoms with van der Waals surface area (Å²) in [5.74, 6) is -0.288. The van der Waals surface area contributed by atoms with Gasteiger partial charge in [0.1, 0.15) is 6.61 Å². The molecule has 0 saturated carbocycles. The fourth-order valence-corrected chi connectivity index (χ4v) is 0.437. The number of nitrogens with one attached hydrogen (secondary N) is 2. The third-order valence-electron chi connectivity index (χ3n) is 0.734. The zero-order chi connectivity index (χ0) is 7.98. The molecule has 2 N–H and O–H groups in total. The standard InChI is InChI=1S/C5H11ClN2O2/c1-4(2)10-3-5(9)7-8-6/h4,8H,3H2,1-2H3,(H,7,9). The first-order valence-corrected chi connectivity index (χ1v) is 3.30. The third-order valence-corrected chi connectivity index (χ3v) is 0.829. The topological polar surface area (TPSA) is 50.4 Å². The van der Waals surface area contributed by atoms with Crippen molar-refractivity contribution in [3.63, 3.8) is 0 Å². The minimum atomic E-state index is -0.288. The van der Waals surface area contributed by atoms with Crippen molar-refractivity contribution in [2.45, 2.75) is 20.0 Å². The van der Waals surface area contributed by atoms with E-state index in [1.54, 1.807) is 0 Å². The van der Waals surface area contributed by atoms with Crippen molar-refractivity contribution in [3.8, 4) is 0 Å². The van der Waals surface area contributed by atoms with Crippen LogP contribution in [0.3, 0.4) is 0 Å². The smallest absolute Gasteiger partial charge is 0.261 e. The zero-order valence-electron chi connectivity index (χ0n) is 5.98. The van der Waals surface area contributed by atoms with Crippen LogP contribution in [0.4, 0.5) is 0 Å². The van der Waals surface area contributed by atoms with Crippen molar-refractivity contribution in [3.05, 3.63) is 0 Å². The first-order chi connectivity index (χ1) is 4.66. The molecule has 4 nitrogen and oxygen atoms in total. The molecule has 0 unspecified atom stereocenters. The lowest BCUT2D eigenvalue weighted by Gasteiger charge is -2.05. The number of carbonyl (C=O) groups excluding carboxylic acids is 1. The molecule has 5 heteroatoms. The van der Waals surface area contributed by atoms with E-state index < -0.39 is 0 Å². The molecule has 0 aliphatic rings. The third kappa shape index (κ3) is 5.81. The summed E-state index contributed by atoms with van der Waals surface area (Å²) in [6.07, 6.45) is 0.0566. The maximum atomic E-state index is 10.6. The molecule has 1 amide bonds. The van der Waals surface area contributed by atoms with Crippen molar-refractivity contribution in [1.82, 2.24) is 10.4 Å². The molecule has 0 saturated heterocycles. The van der Waals surface area contributed by atoms with Crippen LogP contribution in [0.5, 0.6) is 0 Å². The Hall–Kier alpha value is -0.320. The Morgan fingerprint density at radius 1 is 1.70 bits per heavy atom. The molecule has 10 heavy (non-hydrogen) atoms. The van der Waals surface area contributed by atoms with E-state index in [-0.39, 0.29) is 18.6 Å². The molecule has 0 aromatic heterocycles. The SMILES string of the molecule is CC(C)OCC(=O)NNCl. The summed E-state index contributed by atoms with van der Waals surface area (Å²) >= 11 is 4.97. The van der Waals surface area contributed by atoms with E-state index in [0.717, 1.165) is 0 Å². The van der Waals surface area contributed by atoms with Gasteiger partial charge in [0.15, 0.2) is 0 Å². The monoisotopic (exact) mass is 166 g/mol. The minimum absolute atomic E-state index is 0.0252. The molecule has 0 radical (unpaired) electrons. The Morgan fingerprint density at radius 2 is 2.30 bits per heavy atom. The number of amides is 1. The van der Waals surface area contributed by atoms with Gasteiger partial charge in [-0.15, -0.1) is 4.94 Å². The first-order valence-electron chi connectivity index (χ1n) is 2.93. The van der Waals surface area contributed by atoms with E-state index in [4.69, 9.17) is 16.5 Å². The second-order valence-electron chi connectivity index (χ2n) is 2.00. The van der Waals surface area contributed by atoms with Gasteiger partial charge in [0.25, 0.3) is 5.91 Å². The molecule has 0 atom stereocenters. The van der Waals surface area contributed by atoms with Gasteiger partial charge in [-0.1, -0.05) is 0 Å². The second-order valence-corrected chi connectivity index (χ2v) is 2.19. The highest BCUT2D eigenvalue weighted by molar-refractivity contribution is 6.13. The Balaban J connectivity index is 3.22. The summed E-state index contributed by atoms with van der Waals surface area (Å²) in [4.78, 5) is 12.5. The highest BCUT2D eigenvalue weighted by Gasteiger charge is 2.00. The van der Waals surface area contributed by atoms with Crippen LogP contribution in [0.25, 0.3) is 0 Å². The molecular weight excluding hydrogens is 156 g/mol. The lowest BCUT2D eigenvalue weighted by atomic mass is 10.5. The van der Waals surface area contributed by atoms with E-state index >= 15 is 0 Å². The summed E-state index contributed by atoms with van der Waals surface area (Å²) in [7, 11) is 0. The van der Waals surface area contributed by atoms with Gasteiger partial charge in [-0.25, -0.2) is 0 Å². The van der Waals surface area contributed by atoms with E-state index in [9.17, 15) is 4.79 Å². The summed E-state index contributed by atoms with van der Waals surface area (Å²) < 4.78 is 4.95. The zero-order valence-corrected chi connectivity index (χ0v) is 6.73. The van der Waals surface area contributed by atoms with Gasteiger partial charge < -0.3 is 4.74 Å². The number of hydrogen-bond donors (Lipinski definition) is 2. The van der Waals surface area contributed by atoms with Crippen molar-refractivity contribution in [2.75, 3.05) is 6.61 Å². The summed E-state index contributed by atoms with van der Waals surface area (Å²) in [6, 6.07) is 0. The van der Waals surface area contributed by atoms with Crippen molar-refractivity contribution >= 4 is 17.7 Å². The van der Waals surface area contributed by atoms with Crippen LogP contribution >= 0.6 is 11.8 Å². The summed E-state index contributed by atoms with van der Waals surface area (Å²) in [5.41, 5.74) is 2.15. The second kappa shape index (κ2) is 5.46. The molecule has 0 aromatic carbocycles. The Morgan fingerprint density at radius 3 is 2.70 bits per heavy atom. The number of halogens is 1. The molecule has 0 aliphatic carbocycles. The predicted molar refractivity (Wildman–Crippen MR) is 38.2 cm³/mol. The molecular formula is C5H11ClN2O2. The fourth-order valence-electron chi connectivity index (χ4n) is 0.331. The van der Waals surface area contributed by atoms with E-state index in [0.29, 0.717) is 0 Å². The Labute approximate surface area is 65.0 Å². The largest absolute Gasteiger partial charge is 0.369 e. The molecule has 0 spiro atoms. The van der Waals surface area contributed by atoms with Crippen molar-refractivity contribution in [2.24, 2.45) is 0 Å². The lowest BCUT2D eigenvalue weighted by Crippen LogP contribution is -2.34. The van der Waals surface area contributed by atoms with Crippen LogP contribution in [0.2, 0.25) is 0 Å². The van der Waals surface area contributed by atoms with Crippen LogP contribution in [0.15, 0.2) is 0 Å². The van der Waals surface area contributed by atoms with E-state index in [2.05, 4.69) is 5.43 Å². The maximum Gasteiger partial charge on any atom is 0.261 e. The molecule has 0 fully saturated rings.